The molecular formula is C9H12N2O5S. The number of hydrogen-bond acceptors (Lipinski definition) is 4. The molecule has 0 bridgehead atoms. The van der Waals surface area contributed by atoms with E-state index < -0.39 is 33.3 Å². The first-order valence-electron chi connectivity index (χ1n) is 5.04. The lowest BCUT2D eigenvalue weighted by Crippen LogP contribution is -2.72. The van der Waals surface area contributed by atoms with E-state index in [1.807, 2.05) is 0 Å². The fourth-order valence-electron chi connectivity index (χ4n) is 2.17. The van der Waals surface area contributed by atoms with Crippen LogP contribution in [-0.2, 0) is 25.6 Å². The molecule has 2 rings (SSSR count). The number of aliphatic carboxylic acids is 1. The molecule has 2 fully saturated rings. The van der Waals surface area contributed by atoms with E-state index in [9.17, 15) is 24.0 Å². The van der Waals surface area contributed by atoms with Crippen LogP contribution in [0.3, 0.4) is 0 Å². The lowest BCUT2D eigenvalue weighted by molar-refractivity contribution is -0.157. The summed E-state index contributed by atoms with van der Waals surface area (Å²) in [5.41, 5.74) is -1.42. The van der Waals surface area contributed by atoms with Gasteiger partial charge >= 0.3 is 5.97 Å². The summed E-state index contributed by atoms with van der Waals surface area (Å²) in [6, 6.07) is 0. The van der Waals surface area contributed by atoms with Crippen LogP contribution in [-0.4, -0.2) is 50.1 Å². The van der Waals surface area contributed by atoms with E-state index in [1.165, 1.54) is 11.8 Å². The maximum absolute atomic E-state index is 12.1. The molecule has 2 unspecified atom stereocenters. The van der Waals surface area contributed by atoms with Gasteiger partial charge in [-0.1, -0.05) is 0 Å². The topological polar surface area (TPSA) is 110 Å². The van der Waals surface area contributed by atoms with Gasteiger partial charge in [-0.25, -0.2) is 0 Å². The Balaban J connectivity index is 2.31. The van der Waals surface area contributed by atoms with Crippen LogP contribution in [0, 0.1) is 5.41 Å². The normalized spacial score (nSPS) is 40.2. The highest BCUT2D eigenvalue weighted by molar-refractivity contribution is 7.92. The maximum Gasteiger partial charge on any atom is 0.318 e. The number of rotatable bonds is 3. The number of β-lactam (4-membered cyclic amide) rings is 1. The first kappa shape index (κ1) is 12.2. The van der Waals surface area contributed by atoms with E-state index in [2.05, 4.69) is 5.32 Å². The molecule has 0 aromatic heterocycles. The largest absolute Gasteiger partial charge is 0.613 e. The minimum atomic E-state index is -1.59. The van der Waals surface area contributed by atoms with Crippen LogP contribution in [0.2, 0.25) is 0 Å². The number of fused-ring (bicyclic) bond motifs is 1. The van der Waals surface area contributed by atoms with Crippen LogP contribution in [0.15, 0.2) is 0 Å². The van der Waals surface area contributed by atoms with Gasteiger partial charge in [0, 0.05) is 6.54 Å². The molecule has 17 heavy (non-hydrogen) atoms. The van der Waals surface area contributed by atoms with Gasteiger partial charge in [0.15, 0.2) is 0 Å². The van der Waals surface area contributed by atoms with Crippen LogP contribution in [0.5, 0.6) is 0 Å². The number of nitrogens with zero attached hydrogens (tertiary/aromatic N) is 1. The number of carbonyl (C=O) groups is 3. The van der Waals surface area contributed by atoms with Crippen molar-refractivity contribution < 1.29 is 24.0 Å². The average Bonchev–Trinajstić information content (AvgIpc) is 2.27. The molecule has 94 valence electrons. The second-order valence-electron chi connectivity index (χ2n) is 4.40. The SMILES string of the molecule is CC1(C(=O)O)CN2C(=O)C[C@H]2[S@@+]([O-])C1NC=O. The van der Waals surface area contributed by atoms with Gasteiger partial charge in [0.1, 0.15) is 5.41 Å². The smallest absolute Gasteiger partial charge is 0.318 e. The van der Waals surface area contributed by atoms with E-state index in [-0.39, 0.29) is 18.9 Å². The Kier molecular flexibility index (Phi) is 2.78. The zero-order valence-electron chi connectivity index (χ0n) is 9.08. The summed E-state index contributed by atoms with van der Waals surface area (Å²) < 4.78 is 12.1. The first-order chi connectivity index (χ1) is 7.91. The molecule has 2 saturated heterocycles. The molecular weight excluding hydrogens is 248 g/mol. The molecule has 0 aromatic carbocycles. The Hall–Kier alpha value is -1.28. The zero-order chi connectivity index (χ0) is 12.8. The summed E-state index contributed by atoms with van der Waals surface area (Å²) >= 11 is -1.59. The van der Waals surface area contributed by atoms with Gasteiger partial charge in [-0.05, 0) is 18.1 Å². The van der Waals surface area contributed by atoms with Crippen molar-refractivity contribution in [1.29, 1.82) is 0 Å². The lowest BCUT2D eigenvalue weighted by Gasteiger charge is -2.51. The zero-order valence-corrected chi connectivity index (χ0v) is 9.90. The minimum Gasteiger partial charge on any atom is -0.613 e. The van der Waals surface area contributed by atoms with Crippen LogP contribution < -0.4 is 5.32 Å². The van der Waals surface area contributed by atoms with Crippen molar-refractivity contribution in [3.8, 4) is 0 Å². The Morgan fingerprint density at radius 2 is 2.41 bits per heavy atom. The second-order valence-corrected chi connectivity index (χ2v) is 6.07. The highest BCUT2D eigenvalue weighted by atomic mass is 32.2. The van der Waals surface area contributed by atoms with Gasteiger partial charge in [-0.3, -0.25) is 19.3 Å². The Morgan fingerprint density at radius 3 is 2.88 bits per heavy atom. The monoisotopic (exact) mass is 260 g/mol. The number of carboxylic acids is 1. The summed E-state index contributed by atoms with van der Waals surface area (Å²) in [5.74, 6) is -1.37. The van der Waals surface area contributed by atoms with Crippen molar-refractivity contribution in [1.82, 2.24) is 10.2 Å². The van der Waals surface area contributed by atoms with Crippen LogP contribution in [0.25, 0.3) is 0 Å². The van der Waals surface area contributed by atoms with Crippen LogP contribution in [0.4, 0.5) is 0 Å². The molecule has 0 aliphatic carbocycles. The number of amides is 2. The van der Waals surface area contributed by atoms with Crippen molar-refractivity contribution in [3.63, 3.8) is 0 Å². The van der Waals surface area contributed by atoms with Gasteiger partial charge in [-0.2, -0.15) is 0 Å². The molecule has 4 atom stereocenters. The summed E-state index contributed by atoms with van der Waals surface area (Å²) in [6.07, 6.45) is 0.499. The van der Waals surface area contributed by atoms with E-state index in [0.717, 1.165) is 0 Å². The lowest BCUT2D eigenvalue weighted by atomic mass is 9.87. The summed E-state index contributed by atoms with van der Waals surface area (Å²) in [4.78, 5) is 34.3. The third-order valence-electron chi connectivity index (χ3n) is 3.30. The maximum atomic E-state index is 12.1. The Bertz CT molecular complexity index is 390. The molecule has 0 spiro atoms. The molecule has 2 aliphatic rings. The van der Waals surface area contributed by atoms with Crippen molar-refractivity contribution in [2.75, 3.05) is 6.54 Å². The molecule has 0 aromatic rings. The van der Waals surface area contributed by atoms with E-state index in [0.29, 0.717) is 6.41 Å². The standard InChI is InChI=1S/C9H12N2O5S/c1-9(8(14)15)3-11-5(13)2-6(11)17(16)7(9)10-4-12/h4,6-7H,2-3H2,1H3,(H,10,12)(H,14,15)/t6-,7?,9?,17-/m1/s1. The van der Waals surface area contributed by atoms with E-state index in [4.69, 9.17) is 0 Å². The van der Waals surface area contributed by atoms with E-state index >= 15 is 0 Å². The minimum absolute atomic E-state index is 0.0247. The predicted molar refractivity (Wildman–Crippen MR) is 57.0 cm³/mol. The number of carboxylic acid groups (broad SMARTS) is 1. The number of nitrogens with one attached hydrogen (secondary N) is 1. The fourth-order valence-corrected chi connectivity index (χ4v) is 4.11. The average molecular weight is 260 g/mol. The third kappa shape index (κ3) is 1.59. The molecule has 7 nitrogen and oxygen atoms in total. The van der Waals surface area contributed by atoms with Crippen molar-refractivity contribution in [2.24, 2.45) is 5.41 Å². The highest BCUT2D eigenvalue weighted by Crippen LogP contribution is 2.41. The molecule has 2 N–H and O–H groups in total. The number of carbonyl (C=O) groups excluding carboxylic acids is 2. The van der Waals surface area contributed by atoms with Crippen LogP contribution in [0.1, 0.15) is 13.3 Å². The van der Waals surface area contributed by atoms with Crippen molar-refractivity contribution in [3.05, 3.63) is 0 Å². The first-order valence-corrected chi connectivity index (χ1v) is 6.31. The number of hydrogen-bond donors (Lipinski definition) is 2. The summed E-state index contributed by atoms with van der Waals surface area (Å²) in [5, 5.41) is 10.1. The van der Waals surface area contributed by atoms with Gasteiger partial charge in [-0.15, -0.1) is 0 Å². The van der Waals surface area contributed by atoms with E-state index in [1.54, 1.807) is 0 Å². The summed E-state index contributed by atoms with van der Waals surface area (Å²) in [7, 11) is 0. The van der Waals surface area contributed by atoms with Crippen molar-refractivity contribution >= 4 is 29.5 Å². The van der Waals surface area contributed by atoms with Crippen LogP contribution >= 0.6 is 0 Å². The van der Waals surface area contributed by atoms with Gasteiger partial charge in [0.05, 0.1) is 6.42 Å². The quantitative estimate of drug-likeness (QED) is 0.363. The van der Waals surface area contributed by atoms with Gasteiger partial charge in [0.25, 0.3) is 0 Å². The molecule has 2 heterocycles. The molecule has 0 saturated carbocycles. The second kappa shape index (κ2) is 3.88. The Labute approximate surface area is 100 Å². The van der Waals surface area contributed by atoms with Crippen molar-refractivity contribution in [2.45, 2.75) is 24.1 Å². The van der Waals surface area contributed by atoms with Gasteiger partial charge < -0.3 is 15.0 Å². The molecule has 2 aliphatic heterocycles. The van der Waals surface area contributed by atoms with Gasteiger partial charge in [0.2, 0.25) is 23.1 Å². The Morgan fingerprint density at radius 1 is 1.76 bits per heavy atom. The highest BCUT2D eigenvalue weighted by Gasteiger charge is 2.62. The fraction of sp³-hybridized carbons (Fsp3) is 0.667. The summed E-state index contributed by atoms with van der Waals surface area (Å²) in [6.45, 7) is 1.36. The predicted octanol–water partition coefficient (Wildman–Crippen LogP) is -1.53. The molecule has 8 heteroatoms. The third-order valence-corrected chi connectivity index (χ3v) is 5.38. The molecule has 0 radical (unpaired) electrons. The molecule has 2 amide bonds.